The number of para-hydroxylation sites is 1. The molecule has 0 aliphatic rings. The number of thiazole rings is 1. The fourth-order valence-corrected chi connectivity index (χ4v) is 3.48. The zero-order chi connectivity index (χ0) is 16.9. The molecule has 1 heterocycles. The SMILES string of the molecule is CCC[n+]1csc2ccccc21.Cc1ccc(S(=O)(=O)[O-])cc1. The molecule has 1 aromatic heterocycles. The standard InChI is InChI=1S/C10H12NS.C7H8O3S/c1-2-7-11-8-12-10-6-4-3-5-9(10)11;1-6-2-4-7(5-3-6)11(8,9)10/h3-6,8H,2,7H2,1H3;2-5H,1H3,(H,8,9,10)/q+1;/p-1. The number of aryl methyl sites for hydroxylation is 2. The molecule has 3 aromatic rings. The third-order valence-electron chi connectivity index (χ3n) is 3.26. The molecule has 0 atom stereocenters. The molecule has 0 N–H and O–H groups in total. The lowest BCUT2D eigenvalue weighted by Crippen LogP contribution is -2.30. The molecular formula is C17H19NO3S2. The number of aromatic nitrogens is 1. The van der Waals surface area contributed by atoms with Gasteiger partial charge in [0.05, 0.1) is 4.90 Å². The molecule has 6 heteroatoms. The van der Waals surface area contributed by atoms with Gasteiger partial charge in [0, 0.05) is 12.5 Å². The van der Waals surface area contributed by atoms with Crippen molar-refractivity contribution in [2.24, 2.45) is 0 Å². The van der Waals surface area contributed by atoms with Gasteiger partial charge in [0.25, 0.3) is 0 Å². The Kier molecular flexibility index (Phi) is 5.87. The first kappa shape index (κ1) is 17.6. The van der Waals surface area contributed by atoms with E-state index in [0.29, 0.717) is 0 Å². The molecule has 0 amide bonds. The van der Waals surface area contributed by atoms with Gasteiger partial charge in [-0.15, -0.1) is 0 Å². The summed E-state index contributed by atoms with van der Waals surface area (Å²) in [6.07, 6.45) is 1.20. The van der Waals surface area contributed by atoms with Crippen molar-refractivity contribution in [2.45, 2.75) is 31.7 Å². The summed E-state index contributed by atoms with van der Waals surface area (Å²) in [6, 6.07) is 14.3. The molecule has 3 rings (SSSR count). The lowest BCUT2D eigenvalue weighted by molar-refractivity contribution is -0.667. The fourth-order valence-electron chi connectivity index (χ4n) is 2.09. The average molecular weight is 349 g/mol. The lowest BCUT2D eigenvalue weighted by Gasteiger charge is -2.05. The normalized spacial score (nSPS) is 11.1. The van der Waals surface area contributed by atoms with Crippen LogP contribution >= 0.6 is 11.3 Å². The van der Waals surface area contributed by atoms with Crippen LogP contribution in [0.1, 0.15) is 18.9 Å². The van der Waals surface area contributed by atoms with Crippen LogP contribution in [0.4, 0.5) is 0 Å². The second kappa shape index (κ2) is 7.68. The number of hydrogen-bond acceptors (Lipinski definition) is 4. The quantitative estimate of drug-likeness (QED) is 0.537. The van der Waals surface area contributed by atoms with Crippen LogP contribution in [0, 0.1) is 6.92 Å². The second-order valence-electron chi connectivity index (χ2n) is 5.15. The Balaban J connectivity index is 0.000000168. The van der Waals surface area contributed by atoms with Crippen molar-refractivity contribution in [3.8, 4) is 0 Å². The van der Waals surface area contributed by atoms with Gasteiger partial charge in [0.15, 0.2) is 0 Å². The summed E-state index contributed by atoms with van der Waals surface area (Å²) in [5.74, 6) is 0. The molecule has 0 aliphatic carbocycles. The van der Waals surface area contributed by atoms with Crippen LogP contribution in [-0.4, -0.2) is 13.0 Å². The van der Waals surface area contributed by atoms with Gasteiger partial charge in [-0.2, -0.15) is 4.57 Å². The molecule has 0 fully saturated rings. The molecule has 0 saturated carbocycles. The topological polar surface area (TPSA) is 61.1 Å². The molecular weight excluding hydrogens is 330 g/mol. The summed E-state index contributed by atoms with van der Waals surface area (Å²) in [4.78, 5) is -0.178. The molecule has 0 unspecified atom stereocenters. The van der Waals surface area contributed by atoms with Crippen LogP contribution in [0.2, 0.25) is 0 Å². The first-order valence-corrected chi connectivity index (χ1v) is 9.59. The molecule has 23 heavy (non-hydrogen) atoms. The monoisotopic (exact) mass is 349 g/mol. The average Bonchev–Trinajstić information content (AvgIpc) is 2.91. The van der Waals surface area contributed by atoms with E-state index < -0.39 is 10.1 Å². The number of fused-ring (bicyclic) bond motifs is 1. The van der Waals surface area contributed by atoms with E-state index in [2.05, 4.69) is 41.3 Å². The lowest BCUT2D eigenvalue weighted by atomic mass is 10.2. The van der Waals surface area contributed by atoms with Gasteiger partial charge in [-0.3, -0.25) is 0 Å². The maximum Gasteiger partial charge on any atom is 0.225 e. The van der Waals surface area contributed by atoms with Crippen molar-refractivity contribution in [1.29, 1.82) is 0 Å². The van der Waals surface area contributed by atoms with Crippen LogP contribution in [-0.2, 0) is 16.7 Å². The maximum atomic E-state index is 10.4. The molecule has 0 bridgehead atoms. The molecule has 0 spiro atoms. The molecule has 2 aromatic carbocycles. The maximum absolute atomic E-state index is 10.4. The van der Waals surface area contributed by atoms with E-state index in [9.17, 15) is 13.0 Å². The summed E-state index contributed by atoms with van der Waals surface area (Å²) in [5.41, 5.74) is 4.50. The highest BCUT2D eigenvalue weighted by molar-refractivity contribution is 7.85. The van der Waals surface area contributed by atoms with E-state index in [0.717, 1.165) is 12.1 Å². The first-order chi connectivity index (χ1) is 10.9. The number of rotatable bonds is 3. The van der Waals surface area contributed by atoms with Gasteiger partial charge in [-0.1, -0.05) is 48.1 Å². The van der Waals surface area contributed by atoms with E-state index in [1.54, 1.807) is 12.1 Å². The van der Waals surface area contributed by atoms with Crippen LogP contribution < -0.4 is 4.57 Å². The predicted molar refractivity (Wildman–Crippen MR) is 91.5 cm³/mol. The Morgan fingerprint density at radius 2 is 1.74 bits per heavy atom. The van der Waals surface area contributed by atoms with Crippen molar-refractivity contribution in [1.82, 2.24) is 0 Å². The number of nitrogens with zero attached hydrogens (tertiary/aromatic N) is 1. The summed E-state index contributed by atoms with van der Waals surface area (Å²) < 4.78 is 34.9. The van der Waals surface area contributed by atoms with Gasteiger partial charge in [0.2, 0.25) is 11.0 Å². The molecule has 0 saturated heterocycles. The van der Waals surface area contributed by atoms with Crippen LogP contribution in [0.5, 0.6) is 0 Å². The number of hydrogen-bond donors (Lipinski definition) is 0. The predicted octanol–water partition coefficient (Wildman–Crippen LogP) is 3.50. The third-order valence-corrected chi connectivity index (χ3v) is 5.06. The Morgan fingerprint density at radius 1 is 1.09 bits per heavy atom. The summed E-state index contributed by atoms with van der Waals surface area (Å²) in [7, 11) is -4.27. The van der Waals surface area contributed by atoms with E-state index in [1.165, 1.54) is 28.8 Å². The largest absolute Gasteiger partial charge is 0.744 e. The van der Waals surface area contributed by atoms with Crippen molar-refractivity contribution < 1.29 is 17.5 Å². The van der Waals surface area contributed by atoms with E-state index >= 15 is 0 Å². The first-order valence-electron chi connectivity index (χ1n) is 7.30. The minimum absolute atomic E-state index is 0.178. The fraction of sp³-hybridized carbons (Fsp3) is 0.235. The van der Waals surface area contributed by atoms with Crippen LogP contribution in [0.15, 0.2) is 58.9 Å². The van der Waals surface area contributed by atoms with Crippen LogP contribution in [0.25, 0.3) is 10.2 Å². The zero-order valence-electron chi connectivity index (χ0n) is 13.1. The Hall–Kier alpha value is -1.76. The van der Waals surface area contributed by atoms with Gasteiger partial charge in [-0.25, -0.2) is 8.42 Å². The highest BCUT2D eigenvalue weighted by Gasteiger charge is 2.08. The van der Waals surface area contributed by atoms with Gasteiger partial charge in [0.1, 0.15) is 21.4 Å². The van der Waals surface area contributed by atoms with Gasteiger partial charge >= 0.3 is 0 Å². The third kappa shape index (κ3) is 4.86. The highest BCUT2D eigenvalue weighted by Crippen LogP contribution is 2.14. The Bertz CT molecular complexity index is 868. The smallest absolute Gasteiger partial charge is 0.225 e. The molecule has 0 radical (unpaired) electrons. The minimum Gasteiger partial charge on any atom is -0.744 e. The molecule has 122 valence electrons. The summed E-state index contributed by atoms with van der Waals surface area (Å²) in [5, 5.41) is 0. The van der Waals surface area contributed by atoms with E-state index in [4.69, 9.17) is 0 Å². The van der Waals surface area contributed by atoms with E-state index in [-0.39, 0.29) is 4.90 Å². The van der Waals surface area contributed by atoms with E-state index in [1.807, 2.05) is 18.3 Å². The molecule has 0 aliphatic heterocycles. The minimum atomic E-state index is -4.27. The van der Waals surface area contributed by atoms with Gasteiger partial charge in [-0.05, 0) is 25.1 Å². The molecule has 4 nitrogen and oxygen atoms in total. The number of benzene rings is 2. The van der Waals surface area contributed by atoms with Crippen molar-refractivity contribution in [3.63, 3.8) is 0 Å². The second-order valence-corrected chi connectivity index (χ2v) is 7.42. The zero-order valence-corrected chi connectivity index (χ0v) is 14.7. The Labute approximate surface area is 140 Å². The highest BCUT2D eigenvalue weighted by atomic mass is 32.2. The van der Waals surface area contributed by atoms with Gasteiger partial charge < -0.3 is 4.55 Å². The van der Waals surface area contributed by atoms with Crippen molar-refractivity contribution >= 4 is 31.7 Å². The van der Waals surface area contributed by atoms with Crippen molar-refractivity contribution in [2.75, 3.05) is 0 Å². The van der Waals surface area contributed by atoms with Crippen molar-refractivity contribution in [3.05, 3.63) is 59.6 Å². The summed E-state index contributed by atoms with van der Waals surface area (Å²) >= 11 is 1.82. The summed E-state index contributed by atoms with van der Waals surface area (Å²) in [6.45, 7) is 5.16. The van der Waals surface area contributed by atoms with Crippen LogP contribution in [0.3, 0.4) is 0 Å². The Morgan fingerprint density at radius 3 is 2.35 bits per heavy atom.